The number of imidazole rings is 1. The normalized spacial score (nSPS) is 24.1. The van der Waals surface area contributed by atoms with E-state index in [4.69, 9.17) is 0 Å². The van der Waals surface area contributed by atoms with Gasteiger partial charge >= 0.3 is 5.97 Å². The average molecular weight is 280 g/mol. The molecule has 1 fully saturated rings. The quantitative estimate of drug-likeness (QED) is 0.603. The molecule has 2 rings (SSSR count). The number of carboxylic acids is 1. The molecule has 1 saturated heterocycles. The summed E-state index contributed by atoms with van der Waals surface area (Å²) < 4.78 is 0. The van der Waals surface area contributed by atoms with Crippen LogP contribution >= 0.6 is 0 Å². The van der Waals surface area contributed by atoms with E-state index in [2.05, 4.69) is 20.6 Å². The maximum absolute atomic E-state index is 12.3. The number of rotatable bonds is 5. The van der Waals surface area contributed by atoms with Crippen molar-refractivity contribution in [2.45, 2.75) is 32.2 Å². The summed E-state index contributed by atoms with van der Waals surface area (Å²) in [4.78, 5) is 30.3. The van der Waals surface area contributed by atoms with E-state index >= 15 is 0 Å². The molecule has 2 heterocycles. The maximum Gasteiger partial charge on any atom is 0.326 e. The van der Waals surface area contributed by atoms with Gasteiger partial charge in [-0.3, -0.25) is 4.79 Å². The summed E-state index contributed by atoms with van der Waals surface area (Å²) in [6, 6.07) is -0.943. The predicted octanol–water partition coefficient (Wildman–Crippen LogP) is -0.0887. The average Bonchev–Trinajstić information content (AvgIpc) is 2.91. The van der Waals surface area contributed by atoms with Crippen LogP contribution in [0.2, 0.25) is 0 Å². The number of hydrogen-bond donors (Lipinski definition) is 4. The Labute approximate surface area is 117 Å². The van der Waals surface area contributed by atoms with E-state index in [9.17, 15) is 14.7 Å². The van der Waals surface area contributed by atoms with Crippen molar-refractivity contribution in [1.29, 1.82) is 0 Å². The minimum absolute atomic E-state index is 0.199. The minimum Gasteiger partial charge on any atom is -0.480 e. The zero-order valence-electron chi connectivity index (χ0n) is 11.5. The van der Waals surface area contributed by atoms with Gasteiger partial charge in [-0.05, 0) is 26.3 Å². The lowest BCUT2D eigenvalue weighted by Crippen LogP contribution is -2.53. The fourth-order valence-electron chi connectivity index (χ4n) is 2.40. The fraction of sp³-hybridized carbons (Fsp3) is 0.615. The number of carboxylic acid groups (broad SMARTS) is 1. The van der Waals surface area contributed by atoms with Crippen molar-refractivity contribution in [3.05, 3.63) is 18.2 Å². The summed E-state index contributed by atoms with van der Waals surface area (Å²) in [5.74, 6) is -1.25. The summed E-state index contributed by atoms with van der Waals surface area (Å²) in [6.07, 6.45) is 4.93. The molecule has 1 unspecified atom stereocenters. The molecule has 20 heavy (non-hydrogen) atoms. The number of nitrogens with zero attached hydrogens (tertiary/aromatic N) is 1. The molecular weight excluding hydrogens is 260 g/mol. The van der Waals surface area contributed by atoms with Crippen LogP contribution in [0.3, 0.4) is 0 Å². The van der Waals surface area contributed by atoms with Gasteiger partial charge in [-0.2, -0.15) is 0 Å². The van der Waals surface area contributed by atoms with Crippen molar-refractivity contribution in [3.63, 3.8) is 0 Å². The van der Waals surface area contributed by atoms with Gasteiger partial charge in [-0.25, -0.2) is 9.78 Å². The van der Waals surface area contributed by atoms with E-state index in [0.29, 0.717) is 12.2 Å². The Hall–Kier alpha value is -1.89. The number of carbonyl (C=O) groups excluding carboxylic acids is 1. The highest BCUT2D eigenvalue weighted by Crippen LogP contribution is 2.25. The number of H-pyrrole nitrogens is 1. The van der Waals surface area contributed by atoms with E-state index in [-0.39, 0.29) is 12.3 Å². The lowest BCUT2D eigenvalue weighted by Gasteiger charge is -2.33. The molecule has 110 valence electrons. The first-order valence-corrected chi connectivity index (χ1v) is 6.73. The Bertz CT molecular complexity index is 466. The monoisotopic (exact) mass is 280 g/mol. The van der Waals surface area contributed by atoms with Crippen LogP contribution in [0.5, 0.6) is 0 Å². The third-order valence-corrected chi connectivity index (χ3v) is 3.73. The number of aromatic amines is 1. The SMILES string of the molecule is CC1(C(=O)N[C@H](Cc2cnc[nH]2)C(=O)O)CCCNC1. The lowest BCUT2D eigenvalue weighted by molar-refractivity contribution is -0.144. The number of carbonyl (C=O) groups is 2. The number of aliphatic carboxylic acids is 1. The van der Waals surface area contributed by atoms with Crippen molar-refractivity contribution in [3.8, 4) is 0 Å². The van der Waals surface area contributed by atoms with Crippen molar-refractivity contribution < 1.29 is 14.7 Å². The number of amides is 1. The molecule has 1 aromatic heterocycles. The van der Waals surface area contributed by atoms with Crippen LogP contribution in [0.1, 0.15) is 25.5 Å². The van der Waals surface area contributed by atoms with Crippen molar-refractivity contribution in [2.75, 3.05) is 13.1 Å². The second-order valence-corrected chi connectivity index (χ2v) is 5.49. The van der Waals surface area contributed by atoms with Gasteiger partial charge in [-0.15, -0.1) is 0 Å². The van der Waals surface area contributed by atoms with Gasteiger partial charge in [0.2, 0.25) is 5.91 Å². The van der Waals surface area contributed by atoms with Gasteiger partial charge in [0.05, 0.1) is 11.7 Å². The van der Waals surface area contributed by atoms with E-state index in [1.807, 2.05) is 6.92 Å². The Morgan fingerprint density at radius 1 is 1.60 bits per heavy atom. The maximum atomic E-state index is 12.3. The Kier molecular flexibility index (Phi) is 4.39. The van der Waals surface area contributed by atoms with E-state index in [0.717, 1.165) is 19.4 Å². The van der Waals surface area contributed by atoms with Gasteiger partial charge in [0.15, 0.2) is 0 Å². The second kappa shape index (κ2) is 6.04. The van der Waals surface area contributed by atoms with Crippen molar-refractivity contribution >= 4 is 11.9 Å². The molecule has 1 aromatic rings. The molecule has 0 aromatic carbocycles. The van der Waals surface area contributed by atoms with Crippen molar-refractivity contribution in [2.24, 2.45) is 5.41 Å². The molecule has 7 heteroatoms. The molecule has 1 amide bonds. The zero-order chi connectivity index (χ0) is 14.6. The minimum atomic E-state index is -1.04. The lowest BCUT2D eigenvalue weighted by atomic mass is 9.81. The van der Waals surface area contributed by atoms with Gasteiger partial charge in [-0.1, -0.05) is 0 Å². The summed E-state index contributed by atoms with van der Waals surface area (Å²) in [5.41, 5.74) is 0.143. The van der Waals surface area contributed by atoms with Crippen LogP contribution in [0, 0.1) is 5.41 Å². The molecule has 0 bridgehead atoms. The molecule has 4 N–H and O–H groups in total. The van der Waals surface area contributed by atoms with Gasteiger partial charge in [0, 0.05) is 24.9 Å². The fourth-order valence-corrected chi connectivity index (χ4v) is 2.40. The first kappa shape index (κ1) is 14.5. The first-order chi connectivity index (χ1) is 9.51. The van der Waals surface area contributed by atoms with Crippen LogP contribution < -0.4 is 10.6 Å². The summed E-state index contributed by atoms with van der Waals surface area (Å²) in [5, 5.41) is 15.1. The second-order valence-electron chi connectivity index (χ2n) is 5.49. The predicted molar refractivity (Wildman–Crippen MR) is 72.1 cm³/mol. The van der Waals surface area contributed by atoms with E-state index < -0.39 is 17.4 Å². The molecule has 1 aliphatic rings. The van der Waals surface area contributed by atoms with Crippen LogP contribution in [0.25, 0.3) is 0 Å². The summed E-state index contributed by atoms with van der Waals surface area (Å²) >= 11 is 0. The van der Waals surface area contributed by atoms with Crippen molar-refractivity contribution in [1.82, 2.24) is 20.6 Å². The largest absolute Gasteiger partial charge is 0.480 e. The van der Waals surface area contributed by atoms with Crippen LogP contribution in [-0.4, -0.2) is 46.1 Å². The molecular formula is C13H20N4O3. The first-order valence-electron chi connectivity index (χ1n) is 6.73. The Morgan fingerprint density at radius 2 is 2.40 bits per heavy atom. The molecule has 0 spiro atoms. The molecule has 7 nitrogen and oxygen atoms in total. The highest BCUT2D eigenvalue weighted by Gasteiger charge is 2.36. The van der Waals surface area contributed by atoms with Gasteiger partial charge < -0.3 is 20.7 Å². The van der Waals surface area contributed by atoms with Crippen LogP contribution in [0.15, 0.2) is 12.5 Å². The number of nitrogens with one attached hydrogen (secondary N) is 3. The third kappa shape index (κ3) is 3.36. The summed E-state index contributed by atoms with van der Waals surface area (Å²) in [7, 11) is 0. The smallest absolute Gasteiger partial charge is 0.326 e. The number of piperidine rings is 1. The topological polar surface area (TPSA) is 107 Å². The van der Waals surface area contributed by atoms with Gasteiger partial charge in [0.1, 0.15) is 6.04 Å². The van der Waals surface area contributed by atoms with E-state index in [1.54, 1.807) is 6.20 Å². The van der Waals surface area contributed by atoms with Gasteiger partial charge in [0.25, 0.3) is 0 Å². The Morgan fingerprint density at radius 3 is 2.95 bits per heavy atom. The number of hydrogen-bond acceptors (Lipinski definition) is 4. The molecule has 2 atom stereocenters. The zero-order valence-corrected chi connectivity index (χ0v) is 11.5. The number of aromatic nitrogens is 2. The highest BCUT2D eigenvalue weighted by atomic mass is 16.4. The molecule has 0 aliphatic carbocycles. The van der Waals surface area contributed by atoms with Crippen LogP contribution in [-0.2, 0) is 16.0 Å². The third-order valence-electron chi connectivity index (χ3n) is 3.73. The summed E-state index contributed by atoms with van der Waals surface area (Å²) in [6.45, 7) is 3.35. The molecule has 0 saturated carbocycles. The Balaban J connectivity index is 2.00. The standard InChI is InChI=1S/C13H20N4O3/c1-13(3-2-4-14-7-13)12(20)17-10(11(18)19)5-9-6-15-8-16-9/h6,8,10,14H,2-5,7H2,1H3,(H,15,16)(H,17,20)(H,18,19)/t10-,13?/m1/s1. The van der Waals surface area contributed by atoms with E-state index in [1.165, 1.54) is 6.33 Å². The van der Waals surface area contributed by atoms with Crippen LogP contribution in [0.4, 0.5) is 0 Å². The molecule has 1 aliphatic heterocycles. The molecule has 0 radical (unpaired) electrons. The highest BCUT2D eigenvalue weighted by molar-refractivity contribution is 5.87.